The normalized spacial score (nSPS) is 16.6. The zero-order valence-electron chi connectivity index (χ0n) is 8.68. The second-order valence-electron chi connectivity index (χ2n) is 3.51. The fraction of sp³-hybridized carbons (Fsp3) is 1.00. The Bertz CT molecular complexity index is 88.5. The average molecular weight is 193 g/mol. The minimum atomic E-state index is -0.403. The molecular weight excluding hydrogens is 170 g/mol. The van der Waals surface area contributed by atoms with Gasteiger partial charge in [-0.3, -0.25) is 0 Å². The first-order chi connectivity index (χ1) is 5.56. The molecule has 1 saturated heterocycles. The number of aliphatic hydroxyl groups is 1. The standard InChI is InChI=1S/C4H9NO.C4H11NO.H3N/c1-3-6-4-2-5-1;1-4(2,5)3-6;/h5H,1-4H2;6H,3,5H2,1-2H3;1H3. The molecule has 0 aromatic heterocycles. The van der Waals surface area contributed by atoms with Crippen molar-refractivity contribution in [3.05, 3.63) is 0 Å². The fourth-order valence-corrected chi connectivity index (χ4v) is 0.516. The highest BCUT2D eigenvalue weighted by molar-refractivity contribution is 4.67. The van der Waals surface area contributed by atoms with Gasteiger partial charge in [-0.15, -0.1) is 0 Å². The molecule has 1 aliphatic rings. The van der Waals surface area contributed by atoms with Crippen LogP contribution in [0.5, 0.6) is 0 Å². The fourth-order valence-electron chi connectivity index (χ4n) is 0.516. The Morgan fingerprint density at radius 1 is 1.38 bits per heavy atom. The summed E-state index contributed by atoms with van der Waals surface area (Å²) in [5.74, 6) is 0. The van der Waals surface area contributed by atoms with Gasteiger partial charge in [0.2, 0.25) is 0 Å². The Morgan fingerprint density at radius 3 is 1.85 bits per heavy atom. The monoisotopic (exact) mass is 193 g/mol. The van der Waals surface area contributed by atoms with Crippen LogP contribution in [0.15, 0.2) is 0 Å². The number of nitrogens with two attached hydrogens (primary N) is 1. The summed E-state index contributed by atoms with van der Waals surface area (Å²) >= 11 is 0. The van der Waals surface area contributed by atoms with E-state index in [2.05, 4.69) is 5.32 Å². The van der Waals surface area contributed by atoms with Gasteiger partial charge in [-0.1, -0.05) is 0 Å². The highest BCUT2D eigenvalue weighted by Gasteiger charge is 2.05. The van der Waals surface area contributed by atoms with E-state index in [1.54, 1.807) is 13.8 Å². The molecule has 0 spiro atoms. The summed E-state index contributed by atoms with van der Waals surface area (Å²) in [6, 6.07) is 0. The molecule has 0 unspecified atom stereocenters. The lowest BCUT2D eigenvalue weighted by Crippen LogP contribution is -2.35. The van der Waals surface area contributed by atoms with Crippen LogP contribution in [0.25, 0.3) is 0 Å². The molecule has 0 radical (unpaired) electrons. The average Bonchev–Trinajstić information content (AvgIpc) is 2.07. The first kappa shape index (κ1) is 15.3. The van der Waals surface area contributed by atoms with Crippen molar-refractivity contribution in [1.29, 1.82) is 0 Å². The van der Waals surface area contributed by atoms with Crippen LogP contribution in [-0.4, -0.2) is 43.6 Å². The minimum Gasteiger partial charge on any atom is -0.394 e. The Morgan fingerprint density at radius 2 is 1.77 bits per heavy atom. The highest BCUT2D eigenvalue weighted by Crippen LogP contribution is 1.89. The van der Waals surface area contributed by atoms with Crippen molar-refractivity contribution in [3.63, 3.8) is 0 Å². The van der Waals surface area contributed by atoms with E-state index in [4.69, 9.17) is 15.6 Å². The van der Waals surface area contributed by atoms with Crippen molar-refractivity contribution in [2.24, 2.45) is 5.73 Å². The number of nitrogens with one attached hydrogen (secondary N) is 1. The third-order valence-electron chi connectivity index (χ3n) is 1.25. The Kier molecular flexibility index (Phi) is 9.87. The molecule has 0 aromatic carbocycles. The van der Waals surface area contributed by atoms with E-state index in [-0.39, 0.29) is 12.8 Å². The lowest BCUT2D eigenvalue weighted by Gasteiger charge is -2.12. The quantitative estimate of drug-likeness (QED) is 0.449. The Hall–Kier alpha value is -0.200. The summed E-state index contributed by atoms with van der Waals surface area (Å²) in [7, 11) is 0. The highest BCUT2D eigenvalue weighted by atomic mass is 16.5. The van der Waals surface area contributed by atoms with Gasteiger partial charge in [-0.25, -0.2) is 0 Å². The maximum atomic E-state index is 8.28. The molecule has 0 aliphatic carbocycles. The van der Waals surface area contributed by atoms with Gasteiger partial charge in [-0.05, 0) is 13.8 Å². The van der Waals surface area contributed by atoms with Crippen molar-refractivity contribution in [3.8, 4) is 0 Å². The predicted molar refractivity (Wildman–Crippen MR) is 54.1 cm³/mol. The van der Waals surface area contributed by atoms with Gasteiger partial charge in [0, 0.05) is 18.6 Å². The topological polar surface area (TPSA) is 103 Å². The van der Waals surface area contributed by atoms with Gasteiger partial charge in [0.05, 0.1) is 19.8 Å². The van der Waals surface area contributed by atoms with Gasteiger partial charge < -0.3 is 27.0 Å². The van der Waals surface area contributed by atoms with Gasteiger partial charge in [0.25, 0.3) is 0 Å². The summed E-state index contributed by atoms with van der Waals surface area (Å²) < 4.78 is 5.01. The molecule has 0 aromatic rings. The summed E-state index contributed by atoms with van der Waals surface area (Å²) in [4.78, 5) is 0. The van der Waals surface area contributed by atoms with Crippen LogP contribution in [-0.2, 0) is 4.74 Å². The van der Waals surface area contributed by atoms with Crippen molar-refractivity contribution >= 4 is 0 Å². The molecule has 5 nitrogen and oxygen atoms in total. The summed E-state index contributed by atoms with van der Waals surface area (Å²) in [6.45, 7) is 7.42. The van der Waals surface area contributed by atoms with E-state index < -0.39 is 5.54 Å². The van der Waals surface area contributed by atoms with Gasteiger partial charge in [-0.2, -0.15) is 0 Å². The van der Waals surface area contributed by atoms with E-state index in [1.807, 2.05) is 0 Å². The second kappa shape index (κ2) is 8.40. The van der Waals surface area contributed by atoms with E-state index in [0.717, 1.165) is 26.3 Å². The predicted octanol–water partition coefficient (Wildman–Crippen LogP) is -0.516. The van der Waals surface area contributed by atoms with Crippen LogP contribution in [0.4, 0.5) is 0 Å². The van der Waals surface area contributed by atoms with Crippen LogP contribution >= 0.6 is 0 Å². The number of hydrogen-bond acceptors (Lipinski definition) is 5. The molecule has 7 N–H and O–H groups in total. The second-order valence-corrected chi connectivity index (χ2v) is 3.51. The maximum Gasteiger partial charge on any atom is 0.0605 e. The number of rotatable bonds is 1. The molecule has 82 valence electrons. The first-order valence-corrected chi connectivity index (χ1v) is 4.24. The van der Waals surface area contributed by atoms with Gasteiger partial charge in [0.15, 0.2) is 0 Å². The van der Waals surface area contributed by atoms with Crippen LogP contribution in [0.3, 0.4) is 0 Å². The summed E-state index contributed by atoms with van der Waals surface area (Å²) in [5, 5.41) is 11.4. The molecule has 0 saturated carbocycles. The van der Waals surface area contributed by atoms with E-state index in [9.17, 15) is 0 Å². The van der Waals surface area contributed by atoms with Crippen LogP contribution in [0, 0.1) is 0 Å². The number of hydrogen-bond donors (Lipinski definition) is 4. The smallest absolute Gasteiger partial charge is 0.0605 e. The zero-order chi connectivity index (χ0) is 9.45. The maximum absolute atomic E-state index is 8.28. The van der Waals surface area contributed by atoms with Crippen LogP contribution < -0.4 is 17.2 Å². The van der Waals surface area contributed by atoms with Crippen molar-refractivity contribution in [2.75, 3.05) is 32.9 Å². The summed E-state index contributed by atoms with van der Waals surface area (Å²) in [5.41, 5.74) is 4.88. The third-order valence-corrected chi connectivity index (χ3v) is 1.25. The molecule has 0 atom stereocenters. The minimum absolute atomic E-state index is 0. The Labute approximate surface area is 80.2 Å². The van der Waals surface area contributed by atoms with E-state index in [1.165, 1.54) is 0 Å². The molecule has 1 heterocycles. The van der Waals surface area contributed by atoms with E-state index >= 15 is 0 Å². The number of aliphatic hydroxyl groups excluding tert-OH is 1. The van der Waals surface area contributed by atoms with Crippen molar-refractivity contribution in [2.45, 2.75) is 19.4 Å². The van der Waals surface area contributed by atoms with E-state index in [0.29, 0.717) is 0 Å². The lowest BCUT2D eigenvalue weighted by atomic mass is 10.1. The van der Waals surface area contributed by atoms with Crippen molar-refractivity contribution in [1.82, 2.24) is 11.5 Å². The lowest BCUT2D eigenvalue weighted by molar-refractivity contribution is 0.109. The molecular formula is C8H23N3O2. The number of morpholine rings is 1. The molecule has 0 amide bonds. The molecule has 1 rings (SSSR count). The van der Waals surface area contributed by atoms with Crippen LogP contribution in [0.1, 0.15) is 13.8 Å². The van der Waals surface area contributed by atoms with Crippen molar-refractivity contribution < 1.29 is 9.84 Å². The first-order valence-electron chi connectivity index (χ1n) is 4.24. The summed E-state index contributed by atoms with van der Waals surface area (Å²) in [6.07, 6.45) is 0. The number of ether oxygens (including phenoxy) is 1. The largest absolute Gasteiger partial charge is 0.394 e. The SMILES string of the molecule is C1COCCN1.CC(C)(N)CO.N. The molecule has 1 fully saturated rings. The van der Waals surface area contributed by atoms with Crippen LogP contribution in [0.2, 0.25) is 0 Å². The molecule has 0 bridgehead atoms. The van der Waals surface area contributed by atoms with Gasteiger partial charge in [0.1, 0.15) is 0 Å². The molecule has 1 aliphatic heterocycles. The zero-order valence-corrected chi connectivity index (χ0v) is 8.68. The van der Waals surface area contributed by atoms with Gasteiger partial charge >= 0.3 is 0 Å². The third kappa shape index (κ3) is 14.6. The molecule has 5 heteroatoms. The molecule has 13 heavy (non-hydrogen) atoms. The Balaban J connectivity index is 0.